The molecule has 0 unspecified atom stereocenters. The molecular formula is C38H54ClN5O6. The first-order valence-corrected chi connectivity index (χ1v) is 18.6. The predicted molar refractivity (Wildman–Crippen MR) is 192 cm³/mol. The van der Waals surface area contributed by atoms with Crippen molar-refractivity contribution in [1.29, 1.82) is 0 Å². The Morgan fingerprint density at radius 3 is 2.50 bits per heavy atom. The number of amides is 3. The van der Waals surface area contributed by atoms with Crippen molar-refractivity contribution in [3.8, 4) is 0 Å². The zero-order chi connectivity index (χ0) is 36.2. The maximum Gasteiger partial charge on any atom is 0.289 e. The minimum atomic E-state index is -1.02. The van der Waals surface area contributed by atoms with Crippen LogP contribution in [0.1, 0.15) is 104 Å². The summed E-state index contributed by atoms with van der Waals surface area (Å²) < 4.78 is 5.87. The van der Waals surface area contributed by atoms with Crippen molar-refractivity contribution in [2.24, 2.45) is 17.0 Å². The minimum Gasteiger partial charge on any atom is -0.387 e. The van der Waals surface area contributed by atoms with Crippen LogP contribution < -0.4 is 16.0 Å². The van der Waals surface area contributed by atoms with Crippen molar-refractivity contribution in [3.05, 3.63) is 47.1 Å². The number of oxime groups is 1. The maximum atomic E-state index is 14.8. The molecule has 1 saturated heterocycles. The van der Waals surface area contributed by atoms with Crippen LogP contribution in [0, 0.1) is 11.8 Å². The van der Waals surface area contributed by atoms with Crippen LogP contribution in [0.5, 0.6) is 0 Å². The summed E-state index contributed by atoms with van der Waals surface area (Å²) in [5.41, 5.74) is 0.253. The number of hydrogen-bond acceptors (Lipinski definition) is 8. The standard InChI is InChI=1S/C38H54ClN5O6/c1-7-9-29(32(45)35(47)41-28-16-17-28)42-34(46)31-21-38(20-30(43-50-38)26-10-8-11-27(39)19-26)22-44(31)36(48)33(37(4,5)49-6)40-24(3)18-25-14-12-23(2)13-15-25/h8,10-11,19,23,25,28-29,31,33,40H,3,7,9,12-18,20-22H2,1-2,4-6H3,(H,41,47)(H,42,46)/t23?,25?,29-,31-,33+,38+/m0/s1. The lowest BCUT2D eigenvalue weighted by Gasteiger charge is -2.38. The molecule has 0 radical (unpaired) electrons. The van der Waals surface area contributed by atoms with E-state index in [4.69, 9.17) is 21.2 Å². The third-order valence-electron chi connectivity index (χ3n) is 10.8. The SMILES string of the molecule is C=C(CC1CCC(C)CC1)N[C@H](C(=O)N1C[C@@]2(CC(c3cccc(Cl)c3)=NO2)C[C@H]1C(=O)N[C@@H](CCC)C(=O)C(=O)NC1CC1)C(C)(C)OC. The number of nitrogens with one attached hydrogen (secondary N) is 3. The third kappa shape index (κ3) is 9.07. The number of ether oxygens (including phenoxy) is 1. The van der Waals surface area contributed by atoms with Gasteiger partial charge < -0.3 is 30.4 Å². The van der Waals surface area contributed by atoms with Gasteiger partial charge in [0.1, 0.15) is 12.1 Å². The molecule has 5 rings (SSSR count). The van der Waals surface area contributed by atoms with E-state index >= 15 is 0 Å². The topological polar surface area (TPSA) is 138 Å². The molecule has 1 aromatic carbocycles. The van der Waals surface area contributed by atoms with Crippen molar-refractivity contribution in [2.75, 3.05) is 13.7 Å². The molecule has 2 aliphatic carbocycles. The van der Waals surface area contributed by atoms with Crippen LogP contribution in [0.3, 0.4) is 0 Å². The number of carbonyl (C=O) groups is 4. The Morgan fingerprint density at radius 2 is 1.86 bits per heavy atom. The summed E-state index contributed by atoms with van der Waals surface area (Å²) in [6, 6.07) is 4.41. The van der Waals surface area contributed by atoms with Crippen molar-refractivity contribution in [3.63, 3.8) is 0 Å². The van der Waals surface area contributed by atoms with Gasteiger partial charge in [0, 0.05) is 42.3 Å². The molecule has 4 aliphatic rings. The maximum absolute atomic E-state index is 14.8. The molecule has 1 aromatic rings. The van der Waals surface area contributed by atoms with Gasteiger partial charge in [0.15, 0.2) is 5.60 Å². The number of rotatable bonds is 15. The van der Waals surface area contributed by atoms with E-state index in [-0.39, 0.29) is 31.3 Å². The second-order valence-electron chi connectivity index (χ2n) is 15.5. The van der Waals surface area contributed by atoms with E-state index in [1.165, 1.54) is 17.7 Å². The first-order valence-electron chi connectivity index (χ1n) is 18.2. The van der Waals surface area contributed by atoms with E-state index in [1.807, 2.05) is 32.9 Å². The predicted octanol–water partition coefficient (Wildman–Crippen LogP) is 5.05. The van der Waals surface area contributed by atoms with Crippen molar-refractivity contribution >= 4 is 40.8 Å². The van der Waals surface area contributed by atoms with Gasteiger partial charge in [-0.2, -0.15) is 0 Å². The number of ketones is 1. The summed E-state index contributed by atoms with van der Waals surface area (Å²) in [7, 11) is 1.56. The number of Topliss-reactive ketones (excluding diaryl/α,β-unsaturated/α-hetero) is 1. The number of benzene rings is 1. The van der Waals surface area contributed by atoms with Gasteiger partial charge in [-0.25, -0.2) is 0 Å². The molecule has 0 aromatic heterocycles. The van der Waals surface area contributed by atoms with Crippen LogP contribution in [0.25, 0.3) is 0 Å². The van der Waals surface area contributed by atoms with E-state index in [9.17, 15) is 19.2 Å². The highest BCUT2D eigenvalue weighted by Gasteiger charge is 2.56. The molecule has 2 heterocycles. The Balaban J connectivity index is 1.39. The second kappa shape index (κ2) is 15.8. The Labute approximate surface area is 301 Å². The number of hydrogen-bond donors (Lipinski definition) is 3. The van der Waals surface area contributed by atoms with Gasteiger partial charge in [0.2, 0.25) is 17.6 Å². The van der Waals surface area contributed by atoms with Gasteiger partial charge in [-0.15, -0.1) is 0 Å². The summed E-state index contributed by atoms with van der Waals surface area (Å²) in [6.45, 7) is 12.2. The summed E-state index contributed by atoms with van der Waals surface area (Å²) in [4.78, 5) is 62.6. The smallest absolute Gasteiger partial charge is 0.289 e. The lowest BCUT2D eigenvalue weighted by Crippen LogP contribution is -2.61. The van der Waals surface area contributed by atoms with Crippen LogP contribution in [0.15, 0.2) is 41.7 Å². The molecule has 2 aliphatic heterocycles. The molecule has 1 spiro atoms. The third-order valence-corrected chi connectivity index (χ3v) is 11.1. The number of allylic oxidation sites excluding steroid dienone is 1. The first kappa shape index (κ1) is 37.8. The van der Waals surface area contributed by atoms with E-state index in [0.717, 1.165) is 49.3 Å². The number of methoxy groups -OCH3 is 1. The van der Waals surface area contributed by atoms with E-state index in [2.05, 4.69) is 34.6 Å². The highest BCUT2D eigenvalue weighted by atomic mass is 35.5. The summed E-state index contributed by atoms with van der Waals surface area (Å²) in [5, 5.41) is 13.9. The quantitative estimate of drug-likeness (QED) is 0.217. The lowest BCUT2D eigenvalue weighted by atomic mass is 9.81. The monoisotopic (exact) mass is 711 g/mol. The number of nitrogens with zero attached hydrogens (tertiary/aromatic N) is 2. The van der Waals surface area contributed by atoms with Crippen molar-refractivity contribution in [1.82, 2.24) is 20.9 Å². The molecule has 3 fully saturated rings. The summed E-state index contributed by atoms with van der Waals surface area (Å²) >= 11 is 6.27. The molecule has 274 valence electrons. The average molecular weight is 712 g/mol. The van der Waals surface area contributed by atoms with E-state index in [1.54, 1.807) is 19.2 Å². The minimum absolute atomic E-state index is 0.00503. The molecule has 3 N–H and O–H groups in total. The first-order chi connectivity index (χ1) is 23.7. The Morgan fingerprint density at radius 1 is 1.14 bits per heavy atom. The molecule has 4 atom stereocenters. The highest BCUT2D eigenvalue weighted by molar-refractivity contribution is 6.38. The molecule has 2 saturated carbocycles. The molecular weight excluding hydrogens is 658 g/mol. The zero-order valence-corrected chi connectivity index (χ0v) is 30.9. The summed E-state index contributed by atoms with van der Waals surface area (Å²) in [6.07, 6.45) is 8.36. The van der Waals surface area contributed by atoms with Gasteiger partial charge in [0.05, 0.1) is 23.9 Å². The number of carbonyl (C=O) groups excluding carboxylic acids is 4. The van der Waals surface area contributed by atoms with Crippen LogP contribution >= 0.6 is 11.6 Å². The highest BCUT2D eigenvalue weighted by Crippen LogP contribution is 2.40. The molecule has 50 heavy (non-hydrogen) atoms. The number of likely N-dealkylation sites (tertiary alicyclic amines) is 1. The van der Waals surface area contributed by atoms with Gasteiger partial charge in [-0.1, -0.05) is 68.6 Å². The van der Waals surface area contributed by atoms with Crippen LogP contribution in [-0.4, -0.2) is 83.1 Å². The largest absolute Gasteiger partial charge is 0.387 e. The lowest BCUT2D eigenvalue weighted by molar-refractivity contribution is -0.147. The fourth-order valence-corrected chi connectivity index (χ4v) is 7.57. The molecule has 12 heteroatoms. The van der Waals surface area contributed by atoms with Gasteiger partial charge in [0.25, 0.3) is 5.91 Å². The Kier molecular flexibility index (Phi) is 12.0. The van der Waals surface area contributed by atoms with Crippen molar-refractivity contribution in [2.45, 2.75) is 134 Å². The number of halogens is 1. The van der Waals surface area contributed by atoms with Gasteiger partial charge in [-0.05, 0) is 76.3 Å². The second-order valence-corrected chi connectivity index (χ2v) is 15.9. The molecule has 0 bridgehead atoms. The van der Waals surface area contributed by atoms with E-state index < -0.39 is 46.9 Å². The van der Waals surface area contributed by atoms with Crippen LogP contribution in [0.2, 0.25) is 5.02 Å². The van der Waals surface area contributed by atoms with Gasteiger partial charge in [-0.3, -0.25) is 19.2 Å². The van der Waals surface area contributed by atoms with E-state index in [0.29, 0.717) is 29.5 Å². The average Bonchev–Trinajstić information content (AvgIpc) is 3.68. The zero-order valence-electron chi connectivity index (χ0n) is 30.2. The van der Waals surface area contributed by atoms with Crippen molar-refractivity contribution < 1.29 is 28.8 Å². The fraction of sp³-hybridized carbons (Fsp3) is 0.658. The van der Waals surface area contributed by atoms with Crippen LogP contribution in [-0.2, 0) is 28.8 Å². The van der Waals surface area contributed by atoms with Crippen LogP contribution in [0.4, 0.5) is 0 Å². The fourth-order valence-electron chi connectivity index (χ4n) is 7.38. The summed E-state index contributed by atoms with van der Waals surface area (Å²) in [5.74, 6) is -1.05. The van der Waals surface area contributed by atoms with Gasteiger partial charge >= 0.3 is 0 Å². The normalized spacial score (nSPS) is 26.1. The Hall–Kier alpha value is -3.44. The Bertz CT molecular complexity index is 1490. The molecule has 11 nitrogen and oxygen atoms in total. The molecule has 3 amide bonds.